The molecule has 4 atom stereocenters. The van der Waals surface area contributed by atoms with Crippen molar-refractivity contribution in [2.45, 2.75) is 71.6 Å². The van der Waals surface area contributed by atoms with Crippen molar-refractivity contribution >= 4 is 29.2 Å². The van der Waals surface area contributed by atoms with Gasteiger partial charge >= 0.3 is 0 Å². The molecule has 0 radical (unpaired) electrons. The van der Waals surface area contributed by atoms with E-state index < -0.39 is 12.1 Å². The van der Waals surface area contributed by atoms with Crippen molar-refractivity contribution < 1.29 is 23.9 Å². The van der Waals surface area contributed by atoms with Crippen molar-refractivity contribution in [2.24, 2.45) is 17.3 Å². The number of nitrogens with one attached hydrogen (secondary N) is 2. The molecule has 2 saturated heterocycles. The number of carbonyl (C=O) groups is 4. The molecule has 184 valence electrons. The Labute approximate surface area is 200 Å². The summed E-state index contributed by atoms with van der Waals surface area (Å²) in [6.07, 6.45) is 3.42. The number of ether oxygens (including phenoxy) is 1. The van der Waals surface area contributed by atoms with Gasteiger partial charge in [-0.1, -0.05) is 40.5 Å². The second-order valence-electron chi connectivity index (χ2n) is 10.6. The molecule has 34 heavy (non-hydrogen) atoms. The normalized spacial score (nSPS) is 26.4. The first-order valence-electron chi connectivity index (χ1n) is 12.3. The van der Waals surface area contributed by atoms with E-state index in [1.54, 1.807) is 29.2 Å². The summed E-state index contributed by atoms with van der Waals surface area (Å²) in [5.74, 6) is -0.777. The third-order valence-corrected chi connectivity index (χ3v) is 7.63. The van der Waals surface area contributed by atoms with Crippen LogP contribution in [0.15, 0.2) is 24.3 Å². The topological polar surface area (TPSA) is 105 Å². The smallest absolute Gasteiger partial charge is 0.251 e. The molecule has 3 aliphatic rings. The van der Waals surface area contributed by atoms with E-state index in [1.165, 1.54) is 0 Å². The number of carbonyl (C=O) groups excluding carboxylic acids is 4. The third-order valence-electron chi connectivity index (χ3n) is 7.63. The predicted octanol–water partition coefficient (Wildman–Crippen LogP) is 2.77. The van der Waals surface area contributed by atoms with Crippen molar-refractivity contribution in [2.75, 3.05) is 18.5 Å². The largest absolute Gasteiger partial charge is 0.367 e. The minimum atomic E-state index is -0.720. The second-order valence-corrected chi connectivity index (χ2v) is 10.6. The minimum Gasteiger partial charge on any atom is -0.367 e. The molecule has 8 heteroatoms. The van der Waals surface area contributed by atoms with E-state index in [0.717, 1.165) is 25.7 Å². The van der Waals surface area contributed by atoms with Crippen LogP contribution in [0.3, 0.4) is 0 Å². The van der Waals surface area contributed by atoms with Gasteiger partial charge in [-0.2, -0.15) is 0 Å². The summed E-state index contributed by atoms with van der Waals surface area (Å²) < 4.78 is 5.66. The maximum atomic E-state index is 13.8. The summed E-state index contributed by atoms with van der Waals surface area (Å²) in [6, 6.07) is 5.38. The molecule has 2 unspecified atom stereocenters. The summed E-state index contributed by atoms with van der Waals surface area (Å²) in [6.45, 7) is 8.16. The molecule has 8 nitrogen and oxygen atoms in total. The van der Waals surface area contributed by atoms with Gasteiger partial charge in [-0.15, -0.1) is 0 Å². The maximum absolute atomic E-state index is 13.8. The fourth-order valence-corrected chi connectivity index (χ4v) is 5.50. The SMILES string of the molecule is CC(C)C(=O)Nc1ccc(C(=O)NC(C(=O)N2CC(C)[C@H]3OCC(=O)[C@H]32)C2(C)CCCC2)cc1. The first kappa shape index (κ1) is 24.4. The van der Waals surface area contributed by atoms with Crippen molar-refractivity contribution in [3.8, 4) is 0 Å². The monoisotopic (exact) mass is 469 g/mol. The zero-order chi connectivity index (χ0) is 24.6. The molecule has 3 fully saturated rings. The molecule has 1 aliphatic carbocycles. The van der Waals surface area contributed by atoms with Crippen LogP contribution >= 0.6 is 0 Å². The highest BCUT2D eigenvalue weighted by atomic mass is 16.5. The zero-order valence-electron chi connectivity index (χ0n) is 20.4. The first-order chi connectivity index (χ1) is 16.1. The number of fused-ring (bicyclic) bond motifs is 1. The zero-order valence-corrected chi connectivity index (χ0v) is 20.4. The van der Waals surface area contributed by atoms with Gasteiger partial charge in [0.05, 0.1) is 6.10 Å². The Bertz CT molecular complexity index is 967. The Hall–Kier alpha value is -2.74. The Morgan fingerprint density at radius 2 is 1.76 bits per heavy atom. The lowest BCUT2D eigenvalue weighted by Crippen LogP contribution is -2.57. The van der Waals surface area contributed by atoms with E-state index >= 15 is 0 Å². The molecule has 0 bridgehead atoms. The quantitative estimate of drug-likeness (QED) is 0.667. The Kier molecular flexibility index (Phi) is 6.80. The highest BCUT2D eigenvalue weighted by molar-refractivity contribution is 6.00. The molecule has 1 aromatic rings. The van der Waals surface area contributed by atoms with Gasteiger partial charge < -0.3 is 20.3 Å². The number of benzene rings is 1. The lowest BCUT2D eigenvalue weighted by molar-refractivity contribution is -0.140. The van der Waals surface area contributed by atoms with Crippen molar-refractivity contribution in [1.29, 1.82) is 0 Å². The van der Waals surface area contributed by atoms with Gasteiger partial charge in [0.1, 0.15) is 18.7 Å². The maximum Gasteiger partial charge on any atom is 0.251 e. The summed E-state index contributed by atoms with van der Waals surface area (Å²) in [5, 5.41) is 5.82. The van der Waals surface area contributed by atoms with Crippen LogP contribution in [-0.4, -0.2) is 59.7 Å². The number of hydrogen-bond acceptors (Lipinski definition) is 5. The number of rotatable bonds is 6. The molecular formula is C26H35N3O5. The van der Waals surface area contributed by atoms with Crippen LogP contribution in [0, 0.1) is 17.3 Å². The summed E-state index contributed by atoms with van der Waals surface area (Å²) in [4.78, 5) is 53.1. The number of likely N-dealkylation sites (tertiary alicyclic amines) is 1. The third kappa shape index (κ3) is 4.60. The summed E-state index contributed by atoms with van der Waals surface area (Å²) >= 11 is 0. The Morgan fingerprint density at radius 1 is 1.12 bits per heavy atom. The van der Waals surface area contributed by atoms with Gasteiger partial charge in [-0.25, -0.2) is 0 Å². The fraction of sp³-hybridized carbons (Fsp3) is 0.615. The van der Waals surface area contributed by atoms with Gasteiger partial charge in [0, 0.05) is 29.6 Å². The average Bonchev–Trinajstić information content (AvgIpc) is 3.50. The number of anilines is 1. The molecule has 1 aromatic carbocycles. The van der Waals surface area contributed by atoms with Crippen molar-refractivity contribution in [1.82, 2.24) is 10.2 Å². The van der Waals surface area contributed by atoms with Crippen LogP contribution in [0.4, 0.5) is 5.69 Å². The molecule has 4 rings (SSSR count). The summed E-state index contributed by atoms with van der Waals surface area (Å²) in [7, 11) is 0. The molecular weight excluding hydrogens is 434 g/mol. The summed E-state index contributed by atoms with van der Waals surface area (Å²) in [5.41, 5.74) is 0.652. The Balaban J connectivity index is 1.53. The van der Waals surface area contributed by atoms with Crippen LogP contribution < -0.4 is 10.6 Å². The highest BCUT2D eigenvalue weighted by Crippen LogP contribution is 2.42. The van der Waals surface area contributed by atoms with Crippen LogP contribution in [0.2, 0.25) is 0 Å². The van der Waals surface area contributed by atoms with E-state index in [1.807, 2.05) is 20.8 Å². The van der Waals surface area contributed by atoms with E-state index in [9.17, 15) is 19.2 Å². The molecule has 3 amide bonds. The second kappa shape index (κ2) is 9.49. The number of amides is 3. The number of nitrogens with zero attached hydrogens (tertiary/aromatic N) is 1. The first-order valence-corrected chi connectivity index (χ1v) is 12.3. The van der Waals surface area contributed by atoms with E-state index in [0.29, 0.717) is 17.8 Å². The van der Waals surface area contributed by atoms with Gasteiger partial charge in [-0.3, -0.25) is 19.2 Å². The van der Waals surface area contributed by atoms with Gasteiger partial charge in [0.15, 0.2) is 5.78 Å². The molecule has 0 aromatic heterocycles. The van der Waals surface area contributed by atoms with Crippen LogP contribution in [0.1, 0.15) is 63.7 Å². The van der Waals surface area contributed by atoms with E-state index in [4.69, 9.17) is 4.74 Å². The molecule has 2 heterocycles. The lowest BCUT2D eigenvalue weighted by Gasteiger charge is -2.37. The van der Waals surface area contributed by atoms with Crippen molar-refractivity contribution in [3.05, 3.63) is 29.8 Å². The van der Waals surface area contributed by atoms with E-state index in [-0.39, 0.29) is 53.5 Å². The lowest BCUT2D eigenvalue weighted by atomic mass is 9.79. The van der Waals surface area contributed by atoms with Crippen molar-refractivity contribution in [3.63, 3.8) is 0 Å². The molecule has 2 N–H and O–H groups in total. The number of hydrogen-bond donors (Lipinski definition) is 2. The van der Waals surface area contributed by atoms with Crippen LogP contribution in [0.25, 0.3) is 0 Å². The molecule has 0 spiro atoms. The fourth-order valence-electron chi connectivity index (χ4n) is 5.50. The van der Waals surface area contributed by atoms with Gasteiger partial charge in [0.25, 0.3) is 5.91 Å². The van der Waals surface area contributed by atoms with E-state index in [2.05, 4.69) is 17.6 Å². The molecule has 2 aliphatic heterocycles. The average molecular weight is 470 g/mol. The number of Topliss-reactive ketones (excluding diaryl/α,β-unsaturated/α-hetero) is 1. The van der Waals surface area contributed by atoms with Crippen LogP contribution in [-0.2, 0) is 19.1 Å². The minimum absolute atomic E-state index is 0.0391. The highest BCUT2D eigenvalue weighted by Gasteiger charge is 2.54. The van der Waals surface area contributed by atoms with Gasteiger partial charge in [0.2, 0.25) is 11.8 Å². The Morgan fingerprint density at radius 3 is 2.38 bits per heavy atom. The standard InChI is InChI=1S/C26H35N3O5/c1-15(2)23(31)27-18-9-7-17(8-10-18)24(32)28-22(26(4)11-5-6-12-26)25(33)29-13-16(3)21-20(29)19(30)14-34-21/h7-10,15-16,20-22H,5-6,11-14H2,1-4H3,(H,27,31)(H,28,32)/t16?,20-,21-,22?/m1/s1. The van der Waals surface area contributed by atoms with Gasteiger partial charge in [-0.05, 0) is 42.5 Å². The number of ketones is 1. The predicted molar refractivity (Wildman–Crippen MR) is 127 cm³/mol. The van der Waals surface area contributed by atoms with Crippen LogP contribution in [0.5, 0.6) is 0 Å². The molecule has 1 saturated carbocycles.